The summed E-state index contributed by atoms with van der Waals surface area (Å²) in [5.74, 6) is -0.714. The second kappa shape index (κ2) is 15.1. The summed E-state index contributed by atoms with van der Waals surface area (Å²) in [7, 11) is -2.82. The first-order valence-electron chi connectivity index (χ1n) is 13.9. The fourth-order valence-corrected chi connectivity index (χ4v) is 6.52. The molecule has 0 spiro atoms. The maximum atomic E-state index is 14.4. The Kier molecular flexibility index (Phi) is 11.3. The van der Waals surface area contributed by atoms with Gasteiger partial charge in [0.25, 0.3) is 10.0 Å². The van der Waals surface area contributed by atoms with Gasteiger partial charge in [-0.2, -0.15) is 0 Å². The van der Waals surface area contributed by atoms with E-state index in [2.05, 4.69) is 5.32 Å². The maximum absolute atomic E-state index is 14.4. The summed E-state index contributed by atoms with van der Waals surface area (Å²) in [6.45, 7) is 1.49. The lowest BCUT2D eigenvalue weighted by molar-refractivity contribution is -0.140. The number of sulfonamides is 1. The van der Waals surface area contributed by atoms with Crippen molar-refractivity contribution in [3.05, 3.63) is 124 Å². The zero-order valence-electron chi connectivity index (χ0n) is 24.3. The molecule has 230 valence electrons. The van der Waals surface area contributed by atoms with E-state index in [1.807, 2.05) is 30.3 Å². The lowest BCUT2D eigenvalue weighted by atomic mass is 10.0. The molecule has 4 rings (SSSR count). The maximum Gasteiger partial charge on any atom is 0.264 e. The number of hydrogen-bond donors (Lipinski definition) is 1. The molecule has 1 N–H and O–H groups in total. The van der Waals surface area contributed by atoms with Crippen LogP contribution in [0.5, 0.6) is 5.75 Å². The number of methoxy groups -OCH3 is 1. The molecule has 1 atom stereocenters. The number of hydrogen-bond acceptors (Lipinski definition) is 5. The SMILES string of the molecule is CCNC(=O)[C@@H](Cc1ccccc1)N(Cc1ccc(Cl)c(Cl)c1)C(=O)CN(c1ccccc1OC)S(=O)(=O)c1ccccc1. The van der Waals surface area contributed by atoms with Gasteiger partial charge in [0, 0.05) is 19.5 Å². The number of benzene rings is 4. The molecule has 0 saturated carbocycles. The molecule has 0 aliphatic rings. The highest BCUT2D eigenvalue weighted by Crippen LogP contribution is 2.33. The van der Waals surface area contributed by atoms with Gasteiger partial charge < -0.3 is 15.0 Å². The van der Waals surface area contributed by atoms with Crippen LogP contribution in [0.4, 0.5) is 5.69 Å². The lowest BCUT2D eigenvalue weighted by Crippen LogP contribution is -2.53. The Morgan fingerprint density at radius 3 is 2.11 bits per heavy atom. The van der Waals surface area contributed by atoms with E-state index in [9.17, 15) is 18.0 Å². The summed E-state index contributed by atoms with van der Waals surface area (Å²) in [6.07, 6.45) is 0.194. The summed E-state index contributed by atoms with van der Waals surface area (Å²) in [4.78, 5) is 29.4. The molecule has 0 unspecified atom stereocenters. The van der Waals surface area contributed by atoms with Crippen molar-refractivity contribution in [1.82, 2.24) is 10.2 Å². The molecule has 0 fully saturated rings. The Morgan fingerprint density at radius 1 is 0.841 bits per heavy atom. The molecular weight excluding hydrogens is 621 g/mol. The van der Waals surface area contributed by atoms with Crippen LogP contribution in [0.2, 0.25) is 10.0 Å². The van der Waals surface area contributed by atoms with Gasteiger partial charge in [-0.15, -0.1) is 0 Å². The molecule has 0 saturated heterocycles. The van der Waals surface area contributed by atoms with Crippen molar-refractivity contribution in [2.24, 2.45) is 0 Å². The Hall–Kier alpha value is -4.05. The molecule has 4 aromatic carbocycles. The van der Waals surface area contributed by atoms with Gasteiger partial charge in [0.2, 0.25) is 11.8 Å². The number of rotatable bonds is 13. The Labute approximate surface area is 268 Å². The summed E-state index contributed by atoms with van der Waals surface area (Å²) in [6, 6.07) is 27.7. The van der Waals surface area contributed by atoms with E-state index in [4.69, 9.17) is 27.9 Å². The number of nitrogens with zero attached hydrogens (tertiary/aromatic N) is 2. The van der Waals surface area contributed by atoms with E-state index < -0.39 is 28.5 Å². The van der Waals surface area contributed by atoms with Crippen molar-refractivity contribution in [2.45, 2.75) is 30.8 Å². The highest BCUT2D eigenvalue weighted by molar-refractivity contribution is 7.92. The number of para-hydroxylation sites is 2. The third kappa shape index (κ3) is 7.91. The van der Waals surface area contributed by atoms with E-state index in [-0.39, 0.29) is 40.2 Å². The van der Waals surface area contributed by atoms with E-state index in [0.29, 0.717) is 17.1 Å². The van der Waals surface area contributed by atoms with Gasteiger partial charge in [-0.05, 0) is 54.4 Å². The van der Waals surface area contributed by atoms with E-state index in [1.54, 1.807) is 67.6 Å². The summed E-state index contributed by atoms with van der Waals surface area (Å²) in [5.41, 5.74) is 1.62. The Bertz CT molecular complexity index is 1690. The molecule has 4 aromatic rings. The van der Waals surface area contributed by atoms with Gasteiger partial charge >= 0.3 is 0 Å². The summed E-state index contributed by atoms with van der Waals surface area (Å²) in [5, 5.41) is 3.47. The lowest BCUT2D eigenvalue weighted by Gasteiger charge is -2.34. The van der Waals surface area contributed by atoms with Gasteiger partial charge in [-0.3, -0.25) is 13.9 Å². The van der Waals surface area contributed by atoms with E-state index >= 15 is 0 Å². The predicted molar refractivity (Wildman–Crippen MR) is 174 cm³/mol. The number of ether oxygens (including phenoxy) is 1. The number of nitrogens with one attached hydrogen (secondary N) is 1. The summed E-state index contributed by atoms with van der Waals surface area (Å²) >= 11 is 12.5. The molecule has 11 heteroatoms. The van der Waals surface area contributed by atoms with E-state index in [1.165, 1.54) is 24.1 Å². The van der Waals surface area contributed by atoms with Crippen molar-refractivity contribution < 1.29 is 22.7 Å². The van der Waals surface area contributed by atoms with Gasteiger partial charge in [-0.1, -0.05) is 89.9 Å². The zero-order chi connectivity index (χ0) is 31.7. The Morgan fingerprint density at radius 2 is 1.48 bits per heavy atom. The van der Waals surface area contributed by atoms with Crippen LogP contribution < -0.4 is 14.4 Å². The van der Waals surface area contributed by atoms with Crippen LogP contribution in [-0.4, -0.2) is 51.4 Å². The minimum Gasteiger partial charge on any atom is -0.495 e. The molecule has 0 radical (unpaired) electrons. The molecule has 0 aliphatic carbocycles. The van der Waals surface area contributed by atoms with Crippen molar-refractivity contribution in [2.75, 3.05) is 24.5 Å². The van der Waals surface area contributed by atoms with Crippen LogP contribution >= 0.6 is 23.2 Å². The average Bonchev–Trinajstić information content (AvgIpc) is 3.04. The highest BCUT2D eigenvalue weighted by atomic mass is 35.5. The number of amides is 2. The minimum absolute atomic E-state index is 0.000647. The van der Waals surface area contributed by atoms with Gasteiger partial charge in [-0.25, -0.2) is 8.42 Å². The van der Waals surface area contributed by atoms with Crippen molar-refractivity contribution in [1.29, 1.82) is 0 Å². The molecule has 0 aliphatic heterocycles. The normalized spacial score (nSPS) is 11.8. The first-order chi connectivity index (χ1) is 21.1. The quantitative estimate of drug-likeness (QED) is 0.192. The molecule has 0 heterocycles. The number of likely N-dealkylation sites (N-methyl/N-ethyl adjacent to an activating group) is 1. The second-order valence-electron chi connectivity index (χ2n) is 9.87. The van der Waals surface area contributed by atoms with Gasteiger partial charge in [0.05, 0.1) is 27.7 Å². The fourth-order valence-electron chi connectivity index (χ4n) is 4.75. The van der Waals surface area contributed by atoms with Crippen LogP contribution in [0.15, 0.2) is 108 Å². The standard InChI is InChI=1S/C33H33Cl2N3O5S/c1-3-36-33(40)30(21-24-12-6-4-7-13-24)37(22-25-18-19-27(34)28(35)20-25)32(39)23-38(29-16-10-11-17-31(29)43-2)44(41,42)26-14-8-5-9-15-26/h4-20,30H,3,21-23H2,1-2H3,(H,36,40)/t30-/m1/s1. The molecule has 0 bridgehead atoms. The smallest absolute Gasteiger partial charge is 0.264 e. The van der Waals surface area contributed by atoms with Gasteiger partial charge in [0.1, 0.15) is 18.3 Å². The summed E-state index contributed by atoms with van der Waals surface area (Å²) < 4.78 is 34.7. The average molecular weight is 655 g/mol. The van der Waals surface area contributed by atoms with Crippen molar-refractivity contribution >= 4 is 50.7 Å². The number of carbonyl (C=O) groups is 2. The van der Waals surface area contributed by atoms with Crippen molar-refractivity contribution in [3.63, 3.8) is 0 Å². The molecule has 44 heavy (non-hydrogen) atoms. The van der Waals surface area contributed by atoms with Gasteiger partial charge in [0.15, 0.2) is 0 Å². The Balaban J connectivity index is 1.83. The second-order valence-corrected chi connectivity index (χ2v) is 12.5. The van der Waals surface area contributed by atoms with Crippen LogP contribution in [0, 0.1) is 0 Å². The van der Waals surface area contributed by atoms with Crippen LogP contribution in [0.1, 0.15) is 18.1 Å². The number of anilines is 1. The minimum atomic E-state index is -4.25. The molecular formula is C33H33Cl2N3O5S. The van der Waals surface area contributed by atoms with Crippen LogP contribution in [-0.2, 0) is 32.6 Å². The first-order valence-corrected chi connectivity index (χ1v) is 16.1. The zero-order valence-corrected chi connectivity index (χ0v) is 26.6. The van der Waals surface area contributed by atoms with Crippen LogP contribution in [0.25, 0.3) is 0 Å². The third-order valence-corrected chi connectivity index (χ3v) is 9.44. The largest absolute Gasteiger partial charge is 0.495 e. The number of halogens is 2. The monoisotopic (exact) mass is 653 g/mol. The van der Waals surface area contributed by atoms with Crippen LogP contribution in [0.3, 0.4) is 0 Å². The number of carbonyl (C=O) groups excluding carboxylic acids is 2. The third-order valence-electron chi connectivity index (χ3n) is 6.92. The molecule has 0 aromatic heterocycles. The predicted octanol–water partition coefficient (Wildman–Crippen LogP) is 5.97. The fraction of sp³-hybridized carbons (Fsp3) is 0.212. The van der Waals surface area contributed by atoms with E-state index in [0.717, 1.165) is 9.87 Å². The topological polar surface area (TPSA) is 96.0 Å². The first kappa shape index (κ1) is 32.9. The highest BCUT2D eigenvalue weighted by Gasteiger charge is 2.35. The van der Waals surface area contributed by atoms with Crippen molar-refractivity contribution in [3.8, 4) is 5.75 Å². The molecule has 2 amide bonds. The molecule has 8 nitrogen and oxygen atoms in total.